The van der Waals surface area contributed by atoms with Crippen LogP contribution in [0.2, 0.25) is 0 Å². The van der Waals surface area contributed by atoms with Crippen LogP contribution < -0.4 is 0 Å². The van der Waals surface area contributed by atoms with Gasteiger partial charge in [-0.1, -0.05) is 30.3 Å². The van der Waals surface area contributed by atoms with Crippen LogP contribution in [0.5, 0.6) is 0 Å². The summed E-state index contributed by atoms with van der Waals surface area (Å²) in [6, 6.07) is 9.79. The Bertz CT molecular complexity index is 888. The second-order valence-electron chi connectivity index (χ2n) is 7.64. The van der Waals surface area contributed by atoms with Gasteiger partial charge >= 0.3 is 0 Å². The largest absolute Gasteiger partial charge is 0.342 e. The van der Waals surface area contributed by atoms with Crippen molar-refractivity contribution in [2.45, 2.75) is 38.4 Å². The minimum Gasteiger partial charge on any atom is -0.342 e. The van der Waals surface area contributed by atoms with Crippen molar-refractivity contribution in [3.63, 3.8) is 0 Å². The minimum absolute atomic E-state index is 0.0203. The summed E-state index contributed by atoms with van der Waals surface area (Å²) >= 11 is 0. The van der Waals surface area contributed by atoms with Crippen molar-refractivity contribution in [1.82, 2.24) is 14.9 Å². The van der Waals surface area contributed by atoms with Crippen LogP contribution >= 0.6 is 0 Å². The molecule has 6 nitrogen and oxygen atoms in total. The zero-order chi connectivity index (χ0) is 20.1. The van der Waals surface area contributed by atoms with E-state index in [1.54, 1.807) is 26.2 Å². The van der Waals surface area contributed by atoms with Crippen molar-refractivity contribution in [2.24, 2.45) is 5.92 Å². The van der Waals surface area contributed by atoms with E-state index in [-0.39, 0.29) is 29.2 Å². The first-order valence-corrected chi connectivity index (χ1v) is 11.4. The maximum absolute atomic E-state index is 12.6. The number of amides is 1. The Kier molecular flexibility index (Phi) is 6.44. The molecule has 1 aromatic carbocycles. The van der Waals surface area contributed by atoms with E-state index in [0.29, 0.717) is 18.8 Å². The topological polar surface area (TPSA) is 80.2 Å². The molecule has 0 bridgehead atoms. The summed E-state index contributed by atoms with van der Waals surface area (Å²) < 4.78 is 24.2. The van der Waals surface area contributed by atoms with Crippen molar-refractivity contribution in [3.8, 4) is 11.3 Å². The van der Waals surface area contributed by atoms with Crippen LogP contribution in [0.25, 0.3) is 11.3 Å². The Morgan fingerprint density at radius 2 is 1.79 bits per heavy atom. The van der Waals surface area contributed by atoms with Crippen molar-refractivity contribution in [2.75, 3.05) is 18.8 Å². The number of sulfone groups is 1. The standard InChI is InChI=1S/C21H27N3O3S/c1-16(2)28(26,27)15-17-8-10-24(11-9-17)21(25)12-19-13-23-20(14-22-19)18-6-4-3-5-7-18/h3-7,13-14,16-17H,8-12,15H2,1-2H3. The van der Waals surface area contributed by atoms with Crippen LogP contribution in [0, 0.1) is 5.92 Å². The number of hydrogen-bond acceptors (Lipinski definition) is 5. The van der Waals surface area contributed by atoms with E-state index in [2.05, 4.69) is 9.97 Å². The molecule has 2 aromatic rings. The summed E-state index contributed by atoms with van der Waals surface area (Å²) in [6.07, 6.45) is 5.03. The highest BCUT2D eigenvalue weighted by Crippen LogP contribution is 2.21. The number of rotatable bonds is 6. The first-order chi connectivity index (χ1) is 13.3. The maximum Gasteiger partial charge on any atom is 0.228 e. The van der Waals surface area contributed by atoms with Gasteiger partial charge in [0.15, 0.2) is 9.84 Å². The van der Waals surface area contributed by atoms with Gasteiger partial charge in [-0.15, -0.1) is 0 Å². The van der Waals surface area contributed by atoms with Crippen LogP contribution in [0.15, 0.2) is 42.7 Å². The Hall–Kier alpha value is -2.28. The first kappa shape index (κ1) is 20.5. The highest BCUT2D eigenvalue weighted by Gasteiger charge is 2.28. The van der Waals surface area contributed by atoms with E-state index >= 15 is 0 Å². The number of piperidine rings is 1. The molecule has 150 valence electrons. The van der Waals surface area contributed by atoms with Gasteiger partial charge in [0.25, 0.3) is 0 Å². The molecule has 7 heteroatoms. The zero-order valence-electron chi connectivity index (χ0n) is 16.4. The summed E-state index contributed by atoms with van der Waals surface area (Å²) in [4.78, 5) is 23.2. The Labute approximate surface area is 166 Å². The molecule has 1 aromatic heterocycles. The van der Waals surface area contributed by atoms with E-state index in [1.807, 2.05) is 35.2 Å². The highest BCUT2D eigenvalue weighted by molar-refractivity contribution is 7.91. The number of carbonyl (C=O) groups excluding carboxylic acids is 1. The van der Waals surface area contributed by atoms with Crippen LogP contribution in [-0.4, -0.2) is 53.3 Å². The number of likely N-dealkylation sites (tertiary alicyclic amines) is 1. The quantitative estimate of drug-likeness (QED) is 0.743. The summed E-state index contributed by atoms with van der Waals surface area (Å²) in [5.41, 5.74) is 2.42. The molecule has 0 radical (unpaired) electrons. The summed E-state index contributed by atoms with van der Waals surface area (Å²) in [6.45, 7) is 4.65. The van der Waals surface area contributed by atoms with Gasteiger partial charge in [-0.3, -0.25) is 14.8 Å². The fourth-order valence-corrected chi connectivity index (χ4v) is 4.72. The number of hydrogen-bond donors (Lipinski definition) is 0. The molecule has 1 fully saturated rings. The summed E-state index contributed by atoms with van der Waals surface area (Å²) in [5.74, 6) is 0.382. The van der Waals surface area contributed by atoms with Gasteiger partial charge in [0.1, 0.15) is 0 Å². The molecule has 1 aliphatic heterocycles. The number of aromatic nitrogens is 2. The molecule has 1 amide bonds. The maximum atomic E-state index is 12.6. The van der Waals surface area contributed by atoms with E-state index in [4.69, 9.17) is 0 Å². The fourth-order valence-electron chi connectivity index (χ4n) is 3.34. The van der Waals surface area contributed by atoms with Gasteiger partial charge in [0.05, 0.1) is 35.0 Å². The lowest BCUT2D eigenvalue weighted by molar-refractivity contribution is -0.131. The zero-order valence-corrected chi connectivity index (χ0v) is 17.2. The van der Waals surface area contributed by atoms with E-state index < -0.39 is 9.84 Å². The molecule has 3 rings (SSSR count). The molecule has 0 atom stereocenters. The normalized spacial score (nSPS) is 15.8. The third-order valence-electron chi connectivity index (χ3n) is 5.26. The van der Waals surface area contributed by atoms with E-state index in [1.165, 1.54) is 0 Å². The lowest BCUT2D eigenvalue weighted by Crippen LogP contribution is -2.41. The molecule has 28 heavy (non-hydrogen) atoms. The molecule has 1 saturated heterocycles. The molecular weight excluding hydrogens is 374 g/mol. The van der Waals surface area contributed by atoms with Gasteiger partial charge in [0.2, 0.25) is 5.91 Å². The summed E-state index contributed by atoms with van der Waals surface area (Å²) in [7, 11) is -3.03. The predicted octanol–water partition coefficient (Wildman–Crippen LogP) is 2.75. The number of carbonyl (C=O) groups is 1. The van der Waals surface area contributed by atoms with Gasteiger partial charge in [0, 0.05) is 24.8 Å². The molecule has 0 aliphatic carbocycles. The fraction of sp³-hybridized carbons (Fsp3) is 0.476. The molecule has 0 N–H and O–H groups in total. The van der Waals surface area contributed by atoms with Crippen molar-refractivity contribution in [1.29, 1.82) is 0 Å². The third kappa shape index (κ3) is 5.16. The SMILES string of the molecule is CC(C)S(=O)(=O)CC1CCN(C(=O)Cc2cnc(-c3ccccc3)cn2)CC1. The highest BCUT2D eigenvalue weighted by atomic mass is 32.2. The summed E-state index contributed by atoms with van der Waals surface area (Å²) in [5, 5.41) is -0.343. The third-order valence-corrected chi connectivity index (χ3v) is 7.63. The van der Waals surface area contributed by atoms with Crippen molar-refractivity contribution in [3.05, 3.63) is 48.4 Å². The number of nitrogens with zero attached hydrogens (tertiary/aromatic N) is 3. The Morgan fingerprint density at radius 1 is 1.11 bits per heavy atom. The molecule has 1 aliphatic rings. The monoisotopic (exact) mass is 401 g/mol. The Morgan fingerprint density at radius 3 is 2.36 bits per heavy atom. The van der Waals surface area contributed by atoms with Gasteiger partial charge in [-0.05, 0) is 32.6 Å². The van der Waals surface area contributed by atoms with Crippen LogP contribution in [0.1, 0.15) is 32.4 Å². The predicted molar refractivity (Wildman–Crippen MR) is 109 cm³/mol. The lowest BCUT2D eigenvalue weighted by atomic mass is 9.98. The molecule has 0 saturated carbocycles. The molecule has 0 spiro atoms. The Balaban J connectivity index is 1.52. The molecular formula is C21H27N3O3S. The van der Waals surface area contributed by atoms with Crippen LogP contribution in [0.3, 0.4) is 0 Å². The van der Waals surface area contributed by atoms with Crippen LogP contribution in [0.4, 0.5) is 0 Å². The lowest BCUT2D eigenvalue weighted by Gasteiger charge is -2.32. The number of benzene rings is 1. The van der Waals surface area contributed by atoms with E-state index in [9.17, 15) is 13.2 Å². The molecule has 0 unspecified atom stereocenters. The molecule has 2 heterocycles. The van der Waals surface area contributed by atoms with Crippen molar-refractivity contribution >= 4 is 15.7 Å². The van der Waals surface area contributed by atoms with E-state index in [0.717, 1.165) is 24.1 Å². The van der Waals surface area contributed by atoms with Crippen molar-refractivity contribution < 1.29 is 13.2 Å². The second kappa shape index (κ2) is 8.82. The minimum atomic E-state index is -3.03. The average Bonchev–Trinajstić information content (AvgIpc) is 2.69. The van der Waals surface area contributed by atoms with Gasteiger partial charge in [-0.25, -0.2) is 8.42 Å². The average molecular weight is 402 g/mol. The van der Waals surface area contributed by atoms with Gasteiger partial charge < -0.3 is 4.90 Å². The first-order valence-electron chi connectivity index (χ1n) is 9.71. The van der Waals surface area contributed by atoms with Gasteiger partial charge in [-0.2, -0.15) is 0 Å². The van der Waals surface area contributed by atoms with Crippen LogP contribution in [-0.2, 0) is 21.1 Å². The smallest absolute Gasteiger partial charge is 0.228 e. The second-order valence-corrected chi connectivity index (χ2v) is 10.2.